The lowest BCUT2D eigenvalue weighted by Gasteiger charge is -2.24. The van der Waals surface area contributed by atoms with E-state index in [0.717, 1.165) is 10.9 Å². The van der Waals surface area contributed by atoms with Crippen LogP contribution in [-0.4, -0.2) is 73.2 Å². The lowest BCUT2D eigenvalue weighted by molar-refractivity contribution is -0.122. The largest absolute Gasteiger partial charge is 0.435 e. The van der Waals surface area contributed by atoms with E-state index >= 15 is 0 Å². The van der Waals surface area contributed by atoms with Gasteiger partial charge in [-0.3, -0.25) is 18.9 Å². The van der Waals surface area contributed by atoms with Gasteiger partial charge in [0.1, 0.15) is 30.2 Å². The molecule has 0 saturated carbocycles. The number of nitrogens with one attached hydrogen (secondary N) is 2. The maximum Gasteiger partial charge on any atom is 0.435 e. The Hall–Kier alpha value is -2.39. The fourth-order valence-electron chi connectivity index (χ4n) is 3.44. The molecule has 16 heteroatoms. The van der Waals surface area contributed by atoms with E-state index in [2.05, 4.69) is 20.0 Å². The number of hydrogen-bond donors (Lipinski definition) is 6. The van der Waals surface area contributed by atoms with Gasteiger partial charge in [0.2, 0.25) is 5.91 Å². The van der Waals surface area contributed by atoms with Crippen LogP contribution in [0.4, 0.5) is 5.82 Å². The molecule has 1 saturated heterocycles. The van der Waals surface area contributed by atoms with E-state index in [9.17, 15) is 24.4 Å². The van der Waals surface area contributed by atoms with Crippen molar-refractivity contribution in [2.24, 2.45) is 11.7 Å². The molecule has 1 amide bonds. The third kappa shape index (κ3) is 5.15. The van der Waals surface area contributed by atoms with Crippen LogP contribution < -0.4 is 22.2 Å². The summed E-state index contributed by atoms with van der Waals surface area (Å²) in [6, 6.07) is -0.940. The first-order valence-corrected chi connectivity index (χ1v) is 12.3. The van der Waals surface area contributed by atoms with Crippen LogP contribution in [0.25, 0.3) is 11.2 Å². The number of ether oxygens (including phenoxy) is 1. The van der Waals surface area contributed by atoms with Crippen LogP contribution in [0.1, 0.15) is 33.4 Å². The Labute approximate surface area is 194 Å². The number of aliphatic hydroxyl groups excluding tert-OH is 2. The van der Waals surface area contributed by atoms with E-state index in [1.807, 2.05) is 6.92 Å². The van der Waals surface area contributed by atoms with Gasteiger partial charge >= 0.3 is 13.4 Å². The second-order valence-electron chi connectivity index (χ2n) is 7.90. The molecule has 1 aliphatic rings. The SMILES string of the molecule is CCOP(=O)(NC(=O)[C@@H](N)[C@@H](C)CC)OC[C@H]1O[C@@H](n2c(=O)[nH]c3c(N)ncnc32)[C@H](O)[C@@H]1O. The molecule has 15 nitrogen and oxygen atoms in total. The highest BCUT2D eigenvalue weighted by Crippen LogP contribution is 2.45. The monoisotopic (exact) mass is 503 g/mol. The van der Waals surface area contributed by atoms with Gasteiger partial charge in [-0.25, -0.2) is 23.9 Å². The molecule has 1 unspecified atom stereocenters. The van der Waals surface area contributed by atoms with Crippen molar-refractivity contribution < 1.29 is 33.4 Å². The summed E-state index contributed by atoms with van der Waals surface area (Å²) < 4.78 is 30.1. The predicted molar refractivity (Wildman–Crippen MR) is 119 cm³/mol. The maximum absolute atomic E-state index is 13.0. The van der Waals surface area contributed by atoms with Gasteiger partial charge in [-0.2, -0.15) is 0 Å². The molecule has 190 valence electrons. The average molecular weight is 503 g/mol. The molecule has 0 spiro atoms. The summed E-state index contributed by atoms with van der Waals surface area (Å²) in [5, 5.41) is 23.2. The van der Waals surface area contributed by atoms with Gasteiger partial charge in [-0.1, -0.05) is 20.3 Å². The number of aromatic amines is 1. The number of amides is 1. The van der Waals surface area contributed by atoms with Gasteiger partial charge in [-0.15, -0.1) is 0 Å². The van der Waals surface area contributed by atoms with E-state index in [4.69, 9.17) is 25.3 Å². The molecular weight excluding hydrogens is 473 g/mol. The van der Waals surface area contributed by atoms with Crippen LogP contribution in [-0.2, 0) is 23.1 Å². The van der Waals surface area contributed by atoms with Crippen LogP contribution in [0.2, 0.25) is 0 Å². The van der Waals surface area contributed by atoms with Crippen molar-refractivity contribution in [3.05, 3.63) is 16.8 Å². The summed E-state index contributed by atoms with van der Waals surface area (Å²) in [7, 11) is -4.18. The Morgan fingerprint density at radius 3 is 2.71 bits per heavy atom. The molecule has 1 aliphatic heterocycles. The highest BCUT2D eigenvalue weighted by atomic mass is 31.2. The molecule has 34 heavy (non-hydrogen) atoms. The van der Waals surface area contributed by atoms with Crippen LogP contribution in [0.15, 0.2) is 11.1 Å². The third-order valence-electron chi connectivity index (χ3n) is 5.64. The van der Waals surface area contributed by atoms with E-state index in [-0.39, 0.29) is 29.5 Å². The summed E-state index contributed by atoms with van der Waals surface area (Å²) in [6.45, 7) is 4.58. The standard InChI is InChI=1S/C18H30N7O8P/c1-4-8(3)10(19)16(28)24-34(30,31-5-2)32-6-9-12(26)13(27)17(33-9)25-15-11(23-18(25)29)14(20)21-7-22-15/h7-10,12-13,17,26-27H,4-6,19H2,1-3H3,(H,23,29)(H2,20,21,22)(H,24,28,30)/t8-,9+,10-,12+,13+,17+,34?/m0/s1. The zero-order valence-electron chi connectivity index (χ0n) is 19.0. The first-order valence-electron chi connectivity index (χ1n) is 10.7. The number of carbonyl (C=O) groups is 1. The first-order chi connectivity index (χ1) is 16.0. The normalized spacial score (nSPS) is 26.3. The number of nitrogens with two attached hydrogens (primary N) is 2. The second-order valence-corrected chi connectivity index (χ2v) is 9.64. The molecule has 2 aromatic rings. The summed E-state index contributed by atoms with van der Waals surface area (Å²) in [5.74, 6) is -0.893. The van der Waals surface area contributed by atoms with E-state index < -0.39 is 56.5 Å². The molecule has 3 heterocycles. The van der Waals surface area contributed by atoms with Gasteiger partial charge in [0.05, 0.1) is 19.3 Å². The highest BCUT2D eigenvalue weighted by Gasteiger charge is 2.46. The molecule has 3 rings (SSSR count). The number of aromatic nitrogens is 4. The van der Waals surface area contributed by atoms with E-state index in [1.165, 1.54) is 0 Å². The van der Waals surface area contributed by atoms with Gasteiger partial charge in [-0.05, 0) is 12.8 Å². The number of aliphatic hydroxyl groups is 2. The number of hydrogen-bond acceptors (Lipinski definition) is 12. The Bertz CT molecular complexity index is 1120. The van der Waals surface area contributed by atoms with Crippen LogP contribution in [0.5, 0.6) is 0 Å². The lowest BCUT2D eigenvalue weighted by atomic mass is 10.00. The van der Waals surface area contributed by atoms with Crippen molar-refractivity contribution >= 4 is 30.6 Å². The smallest absolute Gasteiger partial charge is 0.387 e. The van der Waals surface area contributed by atoms with Crippen LogP contribution >= 0.6 is 7.75 Å². The van der Waals surface area contributed by atoms with Gasteiger partial charge in [0.25, 0.3) is 0 Å². The van der Waals surface area contributed by atoms with Crippen molar-refractivity contribution in [1.29, 1.82) is 0 Å². The number of H-pyrrole nitrogens is 1. The number of anilines is 1. The van der Waals surface area contributed by atoms with E-state index in [0.29, 0.717) is 6.42 Å². The minimum atomic E-state index is -4.18. The summed E-state index contributed by atoms with van der Waals surface area (Å²) >= 11 is 0. The fourth-order valence-corrected chi connectivity index (χ4v) is 4.74. The number of carbonyl (C=O) groups excluding carboxylic acids is 1. The molecule has 0 aromatic carbocycles. The quantitative estimate of drug-likeness (QED) is 0.214. The van der Waals surface area contributed by atoms with Gasteiger partial charge in [0, 0.05) is 0 Å². The zero-order valence-corrected chi connectivity index (χ0v) is 19.8. The van der Waals surface area contributed by atoms with Crippen LogP contribution in [0.3, 0.4) is 0 Å². The van der Waals surface area contributed by atoms with Crippen molar-refractivity contribution in [3.8, 4) is 0 Å². The molecular formula is C18H30N7O8P. The summed E-state index contributed by atoms with van der Waals surface area (Å²) in [4.78, 5) is 35.1. The molecule has 1 fully saturated rings. The average Bonchev–Trinajstić information content (AvgIpc) is 3.27. The maximum atomic E-state index is 13.0. The van der Waals surface area contributed by atoms with Crippen LogP contribution in [0, 0.1) is 5.92 Å². The Morgan fingerprint density at radius 2 is 2.06 bits per heavy atom. The Morgan fingerprint density at radius 1 is 1.35 bits per heavy atom. The number of nitrogen functional groups attached to an aromatic ring is 1. The number of imidazole rings is 1. The lowest BCUT2D eigenvalue weighted by Crippen LogP contribution is -2.44. The second kappa shape index (κ2) is 10.5. The van der Waals surface area contributed by atoms with Crippen molar-refractivity contribution in [1.82, 2.24) is 24.6 Å². The summed E-state index contributed by atoms with van der Waals surface area (Å²) in [6.07, 6.45) is -3.94. The molecule has 7 atom stereocenters. The molecule has 0 radical (unpaired) electrons. The molecule has 0 aliphatic carbocycles. The van der Waals surface area contributed by atoms with E-state index in [1.54, 1.807) is 13.8 Å². The first kappa shape index (κ1) is 26.2. The summed E-state index contributed by atoms with van der Waals surface area (Å²) in [5.41, 5.74) is 11.1. The Kier molecular flexibility index (Phi) is 8.08. The topological polar surface area (TPSA) is 230 Å². The fraction of sp³-hybridized carbons (Fsp3) is 0.667. The zero-order chi connectivity index (χ0) is 25.2. The molecule has 8 N–H and O–H groups in total. The minimum Gasteiger partial charge on any atom is -0.387 e. The minimum absolute atomic E-state index is 0.0118. The van der Waals surface area contributed by atoms with Gasteiger partial charge < -0.3 is 31.4 Å². The number of fused-ring (bicyclic) bond motifs is 1. The number of rotatable bonds is 10. The van der Waals surface area contributed by atoms with Crippen molar-refractivity contribution in [2.45, 2.75) is 57.8 Å². The Balaban J connectivity index is 1.75. The third-order valence-corrected chi connectivity index (χ3v) is 7.22. The predicted octanol–water partition coefficient (Wildman–Crippen LogP) is -1.03. The number of nitrogens with zero attached hydrogens (tertiary/aromatic N) is 3. The molecule has 2 aromatic heterocycles. The van der Waals surface area contributed by atoms with Gasteiger partial charge in [0.15, 0.2) is 17.7 Å². The van der Waals surface area contributed by atoms with Crippen molar-refractivity contribution in [3.63, 3.8) is 0 Å². The molecule has 0 bridgehead atoms. The highest BCUT2D eigenvalue weighted by molar-refractivity contribution is 7.52. The van der Waals surface area contributed by atoms with Crippen molar-refractivity contribution in [2.75, 3.05) is 18.9 Å².